The number of hydrogen-bond acceptors (Lipinski definition) is 9. The first-order valence-electron chi connectivity index (χ1n) is 10.0. The molecule has 2 aromatic heterocycles. The molecule has 0 aliphatic carbocycles. The fourth-order valence-electron chi connectivity index (χ4n) is 2.97. The van der Waals surface area contributed by atoms with E-state index in [1.165, 1.54) is 23.1 Å². The van der Waals surface area contributed by atoms with Gasteiger partial charge in [0.05, 0.1) is 14.2 Å². The van der Waals surface area contributed by atoms with Crippen LogP contribution < -0.4 is 14.8 Å². The van der Waals surface area contributed by atoms with Gasteiger partial charge in [0, 0.05) is 34.9 Å². The number of hydrogen-bond donors (Lipinski definition) is 1. The zero-order chi connectivity index (χ0) is 23.0. The molecule has 0 atom stereocenters. The number of benzene rings is 2. The molecule has 1 amide bonds. The van der Waals surface area contributed by atoms with Crippen molar-refractivity contribution < 1.29 is 14.3 Å². The Hall–Kier alpha value is -3.50. The number of nitrogens with zero attached hydrogens (tertiary/aromatic N) is 4. The van der Waals surface area contributed by atoms with Gasteiger partial charge < -0.3 is 14.8 Å². The third-order valence-corrected chi connectivity index (χ3v) is 6.16. The van der Waals surface area contributed by atoms with E-state index in [4.69, 9.17) is 14.5 Å². The van der Waals surface area contributed by atoms with Crippen molar-refractivity contribution in [1.82, 2.24) is 20.2 Å². The molecule has 33 heavy (non-hydrogen) atoms. The topological polar surface area (TPSA) is 99.1 Å². The summed E-state index contributed by atoms with van der Waals surface area (Å²) >= 11 is 2.76. The fourth-order valence-corrected chi connectivity index (χ4v) is 4.24. The second-order valence-electron chi connectivity index (χ2n) is 6.73. The molecule has 10 heteroatoms. The number of nitrogens with one attached hydrogen (secondary N) is 1. The summed E-state index contributed by atoms with van der Waals surface area (Å²) in [5.74, 6) is 1.93. The van der Waals surface area contributed by atoms with Crippen LogP contribution in [0.25, 0.3) is 22.5 Å². The summed E-state index contributed by atoms with van der Waals surface area (Å²) in [7, 11) is 3.26. The Morgan fingerprint density at radius 1 is 0.939 bits per heavy atom. The predicted octanol–water partition coefficient (Wildman–Crippen LogP) is 4.80. The molecule has 2 heterocycles. The predicted molar refractivity (Wildman–Crippen MR) is 130 cm³/mol. The van der Waals surface area contributed by atoms with E-state index in [0.717, 1.165) is 22.6 Å². The molecule has 8 nitrogen and oxygen atoms in total. The molecule has 2 aromatic carbocycles. The lowest BCUT2D eigenvalue weighted by molar-refractivity contribution is -0.115. The first-order valence-corrected chi connectivity index (χ1v) is 11.9. The van der Waals surface area contributed by atoms with Crippen molar-refractivity contribution in [2.24, 2.45) is 0 Å². The van der Waals surface area contributed by atoms with Crippen LogP contribution in [0, 0.1) is 0 Å². The lowest BCUT2D eigenvalue weighted by Crippen LogP contribution is -2.12. The minimum Gasteiger partial charge on any atom is -0.497 e. The Labute approximate surface area is 199 Å². The second kappa shape index (κ2) is 10.9. The van der Waals surface area contributed by atoms with Gasteiger partial charge in [0.15, 0.2) is 5.13 Å². The third-order valence-electron chi connectivity index (χ3n) is 4.63. The molecule has 0 spiro atoms. The molecule has 4 rings (SSSR count). The van der Waals surface area contributed by atoms with Crippen molar-refractivity contribution in [3.05, 3.63) is 60.1 Å². The van der Waals surface area contributed by atoms with Crippen LogP contribution in [-0.2, 0) is 4.79 Å². The largest absolute Gasteiger partial charge is 0.497 e. The summed E-state index contributed by atoms with van der Waals surface area (Å²) < 4.78 is 10.5. The number of anilines is 1. The summed E-state index contributed by atoms with van der Waals surface area (Å²) in [5.41, 5.74) is 3.13. The highest BCUT2D eigenvalue weighted by Gasteiger charge is 2.15. The summed E-state index contributed by atoms with van der Waals surface area (Å²) in [6.07, 6.45) is 1.96. The van der Waals surface area contributed by atoms with Gasteiger partial charge in [-0.15, -0.1) is 21.5 Å². The van der Waals surface area contributed by atoms with Gasteiger partial charge in [0.2, 0.25) is 11.1 Å². The Morgan fingerprint density at radius 2 is 1.58 bits per heavy atom. The smallest absolute Gasteiger partial charge is 0.226 e. The number of ether oxygens (including phenoxy) is 2. The molecule has 0 radical (unpaired) electrons. The fraction of sp³-hybridized carbons (Fsp3) is 0.174. The van der Waals surface area contributed by atoms with Crippen LogP contribution in [0.1, 0.15) is 6.42 Å². The van der Waals surface area contributed by atoms with Crippen LogP contribution in [-0.4, -0.2) is 46.0 Å². The van der Waals surface area contributed by atoms with E-state index >= 15 is 0 Å². The van der Waals surface area contributed by atoms with Crippen molar-refractivity contribution in [3.8, 4) is 34.0 Å². The van der Waals surface area contributed by atoms with E-state index in [1.54, 1.807) is 20.4 Å². The standard InChI is InChI=1S/C23H21N5O3S2/c1-30-17-7-3-15(4-8-17)20-21(16-5-9-18(31-2)10-6-16)27-28-23(26-20)32-13-11-19(29)25-22-24-12-14-33-22/h3-10,12,14H,11,13H2,1-2H3,(H,24,25,29). The zero-order valence-electron chi connectivity index (χ0n) is 18.0. The molecule has 168 valence electrons. The van der Waals surface area contributed by atoms with E-state index in [1.807, 2.05) is 53.9 Å². The lowest BCUT2D eigenvalue weighted by Gasteiger charge is -2.10. The van der Waals surface area contributed by atoms with Gasteiger partial charge >= 0.3 is 0 Å². The lowest BCUT2D eigenvalue weighted by atomic mass is 10.0. The van der Waals surface area contributed by atoms with Crippen LogP contribution in [0.5, 0.6) is 11.5 Å². The normalized spacial score (nSPS) is 10.6. The van der Waals surface area contributed by atoms with Gasteiger partial charge in [-0.1, -0.05) is 11.8 Å². The maximum absolute atomic E-state index is 12.1. The molecule has 0 unspecified atom stereocenters. The Morgan fingerprint density at radius 3 is 2.15 bits per heavy atom. The van der Waals surface area contributed by atoms with E-state index in [2.05, 4.69) is 20.5 Å². The molecule has 1 N–H and O–H groups in total. The summed E-state index contributed by atoms with van der Waals surface area (Å²) in [6.45, 7) is 0. The van der Waals surface area contributed by atoms with Crippen LogP contribution in [0.2, 0.25) is 0 Å². The molecule has 0 aliphatic heterocycles. The maximum atomic E-state index is 12.1. The van der Waals surface area contributed by atoms with E-state index in [0.29, 0.717) is 33.8 Å². The molecular weight excluding hydrogens is 458 g/mol. The molecular formula is C23H21N5O3S2. The number of thiazole rings is 1. The molecule has 0 saturated carbocycles. The van der Waals surface area contributed by atoms with Gasteiger partial charge in [-0.25, -0.2) is 9.97 Å². The molecule has 0 aliphatic rings. The molecule has 0 fully saturated rings. The van der Waals surface area contributed by atoms with Crippen molar-refractivity contribution in [2.75, 3.05) is 25.3 Å². The maximum Gasteiger partial charge on any atom is 0.226 e. The number of thioether (sulfide) groups is 1. The van der Waals surface area contributed by atoms with Crippen molar-refractivity contribution in [2.45, 2.75) is 11.6 Å². The quantitative estimate of drug-likeness (QED) is 0.342. The molecule has 0 saturated heterocycles. The minimum absolute atomic E-state index is 0.101. The zero-order valence-corrected chi connectivity index (χ0v) is 19.7. The summed E-state index contributed by atoms with van der Waals surface area (Å²) in [6, 6.07) is 15.2. The van der Waals surface area contributed by atoms with Crippen molar-refractivity contribution in [1.29, 1.82) is 0 Å². The summed E-state index contributed by atoms with van der Waals surface area (Å²) in [4.78, 5) is 20.9. The van der Waals surface area contributed by atoms with E-state index < -0.39 is 0 Å². The van der Waals surface area contributed by atoms with Gasteiger partial charge in [-0.2, -0.15) is 0 Å². The highest BCUT2D eigenvalue weighted by Crippen LogP contribution is 2.32. The number of rotatable bonds is 9. The first-order chi connectivity index (χ1) is 16.2. The molecule has 4 aromatic rings. The van der Waals surface area contributed by atoms with Gasteiger partial charge in [-0.3, -0.25) is 4.79 Å². The highest BCUT2D eigenvalue weighted by molar-refractivity contribution is 7.99. The number of methoxy groups -OCH3 is 2. The molecule has 0 bridgehead atoms. The van der Waals surface area contributed by atoms with E-state index in [-0.39, 0.29) is 5.91 Å². The van der Waals surface area contributed by atoms with Crippen LogP contribution in [0.3, 0.4) is 0 Å². The number of amides is 1. The van der Waals surface area contributed by atoms with Crippen molar-refractivity contribution >= 4 is 34.1 Å². The average molecular weight is 480 g/mol. The highest BCUT2D eigenvalue weighted by atomic mass is 32.2. The number of carbonyl (C=O) groups excluding carboxylic acids is 1. The van der Waals surface area contributed by atoms with Crippen LogP contribution in [0.15, 0.2) is 65.3 Å². The third kappa shape index (κ3) is 5.85. The van der Waals surface area contributed by atoms with E-state index in [9.17, 15) is 4.79 Å². The van der Waals surface area contributed by atoms with Crippen molar-refractivity contribution in [3.63, 3.8) is 0 Å². The van der Waals surface area contributed by atoms with Gasteiger partial charge in [0.1, 0.15) is 22.9 Å². The van der Waals surface area contributed by atoms with Gasteiger partial charge in [0.25, 0.3) is 0 Å². The Bertz CT molecular complexity index is 1200. The van der Waals surface area contributed by atoms with Crippen LogP contribution in [0.4, 0.5) is 5.13 Å². The summed E-state index contributed by atoms with van der Waals surface area (Å²) in [5, 5.41) is 14.4. The Kier molecular flexibility index (Phi) is 7.48. The second-order valence-corrected chi connectivity index (χ2v) is 8.69. The first kappa shape index (κ1) is 22.7. The van der Waals surface area contributed by atoms with Crippen LogP contribution >= 0.6 is 23.1 Å². The SMILES string of the molecule is COc1ccc(-c2nnc(SCCC(=O)Nc3nccs3)nc2-c2ccc(OC)cc2)cc1. The minimum atomic E-state index is -0.101. The number of carbonyl (C=O) groups is 1. The average Bonchev–Trinajstić information content (AvgIpc) is 3.37. The Balaban J connectivity index is 1.55. The monoisotopic (exact) mass is 479 g/mol. The number of aromatic nitrogens is 4. The van der Waals surface area contributed by atoms with Gasteiger partial charge in [-0.05, 0) is 48.5 Å².